The molecule has 0 amide bonds. The number of hydrogen-bond acceptors (Lipinski definition) is 3. The molecule has 0 radical (unpaired) electrons. The van der Waals surface area contributed by atoms with Crippen molar-refractivity contribution in [2.24, 2.45) is 0 Å². The average Bonchev–Trinajstić information content (AvgIpc) is 2.28. The summed E-state index contributed by atoms with van der Waals surface area (Å²) in [6.45, 7) is 4.30. The monoisotopic (exact) mass is 238 g/mol. The third-order valence-electron chi connectivity index (χ3n) is 2.53. The predicted octanol–water partition coefficient (Wildman–Crippen LogP) is 2.84. The molecule has 90 valence electrons. The molecule has 1 aromatic rings. The lowest BCUT2D eigenvalue weighted by Gasteiger charge is -2.17. The van der Waals surface area contributed by atoms with Crippen LogP contribution in [0.4, 0.5) is 5.69 Å². The Kier molecular flexibility index (Phi) is 6.34. The molecule has 2 nitrogen and oxygen atoms in total. The van der Waals surface area contributed by atoms with Gasteiger partial charge in [0.1, 0.15) is 0 Å². The van der Waals surface area contributed by atoms with Crippen molar-refractivity contribution in [3.8, 4) is 0 Å². The first-order chi connectivity index (χ1) is 7.74. The van der Waals surface area contributed by atoms with Crippen molar-refractivity contribution in [3.63, 3.8) is 0 Å². The molecule has 2 N–H and O–H groups in total. The van der Waals surface area contributed by atoms with Crippen LogP contribution in [-0.4, -0.2) is 30.0 Å². The molecular weight excluding hydrogens is 216 g/mol. The predicted molar refractivity (Wildman–Crippen MR) is 74.8 cm³/mol. The van der Waals surface area contributed by atoms with E-state index in [9.17, 15) is 0 Å². The molecule has 0 bridgehead atoms. The molecule has 0 aliphatic rings. The summed E-state index contributed by atoms with van der Waals surface area (Å²) >= 11 is 2.01. The largest absolute Gasteiger partial charge is 0.398 e. The minimum atomic E-state index is 0.900. The van der Waals surface area contributed by atoms with Gasteiger partial charge < -0.3 is 10.6 Å². The van der Waals surface area contributed by atoms with Gasteiger partial charge in [-0.3, -0.25) is 0 Å². The molecule has 0 aromatic heterocycles. The fourth-order valence-corrected chi connectivity index (χ4v) is 2.25. The van der Waals surface area contributed by atoms with E-state index < -0.39 is 0 Å². The van der Waals surface area contributed by atoms with Crippen LogP contribution in [0.15, 0.2) is 24.3 Å². The second kappa shape index (κ2) is 7.58. The Labute approximate surface area is 103 Å². The molecule has 0 saturated carbocycles. The van der Waals surface area contributed by atoms with Crippen molar-refractivity contribution in [2.45, 2.75) is 19.9 Å². The number of benzene rings is 1. The second-order valence-electron chi connectivity index (χ2n) is 3.99. The van der Waals surface area contributed by atoms with Crippen molar-refractivity contribution >= 4 is 17.4 Å². The second-order valence-corrected chi connectivity index (χ2v) is 5.38. The maximum Gasteiger partial charge on any atom is 0.0359 e. The standard InChI is InChI=1S/C13H22N2S/c1-3-16-10-6-9-15(2)11-12-7-4-5-8-13(12)14/h4-5,7-8H,3,6,9-11,14H2,1-2H3. The number of nitrogens with zero attached hydrogens (tertiary/aromatic N) is 1. The number of nitrogen functional groups attached to an aromatic ring is 1. The van der Waals surface area contributed by atoms with Gasteiger partial charge in [-0.15, -0.1) is 0 Å². The highest BCUT2D eigenvalue weighted by molar-refractivity contribution is 7.99. The van der Waals surface area contributed by atoms with Gasteiger partial charge in [0.25, 0.3) is 0 Å². The topological polar surface area (TPSA) is 29.3 Å². The molecule has 0 unspecified atom stereocenters. The van der Waals surface area contributed by atoms with Crippen molar-refractivity contribution in [1.29, 1.82) is 0 Å². The van der Waals surface area contributed by atoms with Crippen LogP contribution >= 0.6 is 11.8 Å². The smallest absolute Gasteiger partial charge is 0.0359 e. The van der Waals surface area contributed by atoms with Gasteiger partial charge in [-0.1, -0.05) is 25.1 Å². The van der Waals surface area contributed by atoms with Crippen molar-refractivity contribution < 1.29 is 0 Å². The lowest BCUT2D eigenvalue weighted by molar-refractivity contribution is 0.329. The molecule has 1 rings (SSSR count). The van der Waals surface area contributed by atoms with E-state index in [-0.39, 0.29) is 0 Å². The Hall–Kier alpha value is -0.670. The van der Waals surface area contributed by atoms with Gasteiger partial charge in [-0.25, -0.2) is 0 Å². The van der Waals surface area contributed by atoms with Gasteiger partial charge in [0.05, 0.1) is 0 Å². The zero-order chi connectivity index (χ0) is 11.8. The number of nitrogens with two attached hydrogens (primary N) is 1. The molecule has 0 fully saturated rings. The zero-order valence-corrected chi connectivity index (χ0v) is 11.1. The fourth-order valence-electron chi connectivity index (χ4n) is 1.63. The minimum absolute atomic E-state index is 0.900. The quantitative estimate of drug-likeness (QED) is 0.585. The maximum atomic E-state index is 5.91. The number of anilines is 1. The van der Waals surface area contributed by atoms with E-state index in [4.69, 9.17) is 5.73 Å². The van der Waals surface area contributed by atoms with Crippen LogP contribution in [0.25, 0.3) is 0 Å². The van der Waals surface area contributed by atoms with E-state index in [0.717, 1.165) is 18.8 Å². The molecule has 0 saturated heterocycles. The molecule has 0 atom stereocenters. The van der Waals surface area contributed by atoms with Gasteiger partial charge in [-0.05, 0) is 43.1 Å². The molecular formula is C13H22N2S. The van der Waals surface area contributed by atoms with Crippen LogP contribution in [0, 0.1) is 0 Å². The first-order valence-corrected chi connectivity index (χ1v) is 6.99. The van der Waals surface area contributed by atoms with Crippen molar-refractivity contribution in [1.82, 2.24) is 4.90 Å². The summed E-state index contributed by atoms with van der Waals surface area (Å²) < 4.78 is 0. The molecule has 3 heteroatoms. The summed E-state index contributed by atoms with van der Waals surface area (Å²) in [6, 6.07) is 8.10. The van der Waals surface area contributed by atoms with Crippen LogP contribution in [0.2, 0.25) is 0 Å². The lowest BCUT2D eigenvalue weighted by Crippen LogP contribution is -2.20. The molecule has 0 spiro atoms. The highest BCUT2D eigenvalue weighted by Crippen LogP contribution is 2.12. The number of hydrogen-bond donors (Lipinski definition) is 1. The average molecular weight is 238 g/mol. The third-order valence-corrected chi connectivity index (χ3v) is 3.51. The number of para-hydroxylation sites is 1. The summed E-state index contributed by atoms with van der Waals surface area (Å²) in [6.07, 6.45) is 1.25. The van der Waals surface area contributed by atoms with Gasteiger partial charge in [-0.2, -0.15) is 11.8 Å². The fraction of sp³-hybridized carbons (Fsp3) is 0.538. The van der Waals surface area contributed by atoms with Crippen LogP contribution in [0.5, 0.6) is 0 Å². The van der Waals surface area contributed by atoms with Crippen LogP contribution < -0.4 is 5.73 Å². The lowest BCUT2D eigenvalue weighted by atomic mass is 10.2. The SMILES string of the molecule is CCSCCCN(C)Cc1ccccc1N. The summed E-state index contributed by atoms with van der Waals surface area (Å²) in [5.74, 6) is 2.47. The van der Waals surface area contributed by atoms with Crippen LogP contribution in [0.3, 0.4) is 0 Å². The Morgan fingerprint density at radius 2 is 2.06 bits per heavy atom. The van der Waals surface area contributed by atoms with E-state index in [1.165, 1.54) is 23.5 Å². The Bertz CT molecular complexity index is 302. The van der Waals surface area contributed by atoms with Crippen molar-refractivity contribution in [3.05, 3.63) is 29.8 Å². The van der Waals surface area contributed by atoms with Gasteiger partial charge in [0.15, 0.2) is 0 Å². The highest BCUT2D eigenvalue weighted by Gasteiger charge is 2.02. The van der Waals surface area contributed by atoms with E-state index in [2.05, 4.69) is 24.9 Å². The van der Waals surface area contributed by atoms with Gasteiger partial charge >= 0.3 is 0 Å². The first kappa shape index (κ1) is 13.4. The Morgan fingerprint density at radius 3 is 2.75 bits per heavy atom. The summed E-state index contributed by atoms with van der Waals surface area (Å²) in [5, 5.41) is 0. The van der Waals surface area contributed by atoms with E-state index in [0.29, 0.717) is 0 Å². The molecule has 0 heterocycles. The minimum Gasteiger partial charge on any atom is -0.398 e. The van der Waals surface area contributed by atoms with Crippen LogP contribution in [-0.2, 0) is 6.54 Å². The van der Waals surface area contributed by atoms with Crippen LogP contribution in [0.1, 0.15) is 18.9 Å². The summed E-state index contributed by atoms with van der Waals surface area (Å²) in [5.41, 5.74) is 8.04. The third kappa shape index (κ3) is 4.90. The van der Waals surface area contributed by atoms with Crippen molar-refractivity contribution in [2.75, 3.05) is 30.8 Å². The van der Waals surface area contributed by atoms with E-state index in [1.54, 1.807) is 0 Å². The maximum absolute atomic E-state index is 5.91. The highest BCUT2D eigenvalue weighted by atomic mass is 32.2. The number of thioether (sulfide) groups is 1. The molecule has 1 aromatic carbocycles. The van der Waals surface area contributed by atoms with E-state index in [1.807, 2.05) is 30.0 Å². The van der Waals surface area contributed by atoms with E-state index >= 15 is 0 Å². The summed E-state index contributed by atoms with van der Waals surface area (Å²) in [4.78, 5) is 2.34. The molecule has 0 aliphatic carbocycles. The van der Waals surface area contributed by atoms with Gasteiger partial charge in [0.2, 0.25) is 0 Å². The number of rotatable bonds is 7. The Balaban J connectivity index is 2.28. The first-order valence-electron chi connectivity index (χ1n) is 5.83. The normalized spacial score (nSPS) is 10.9. The molecule has 0 aliphatic heterocycles. The zero-order valence-electron chi connectivity index (χ0n) is 10.3. The van der Waals surface area contributed by atoms with Gasteiger partial charge in [0, 0.05) is 12.2 Å². The summed E-state index contributed by atoms with van der Waals surface area (Å²) in [7, 11) is 2.16. The molecule has 16 heavy (non-hydrogen) atoms. The Morgan fingerprint density at radius 1 is 1.31 bits per heavy atom.